The van der Waals surface area contributed by atoms with Crippen LogP contribution < -0.4 is 10.1 Å². The van der Waals surface area contributed by atoms with Crippen LogP contribution >= 0.6 is 11.8 Å². The number of methoxy groups -OCH3 is 1. The molecule has 1 fully saturated rings. The molecule has 0 radical (unpaired) electrons. The van der Waals surface area contributed by atoms with Crippen molar-refractivity contribution in [1.82, 2.24) is 0 Å². The third kappa shape index (κ3) is 2.94. The molecule has 1 saturated carbocycles. The van der Waals surface area contributed by atoms with E-state index in [1.807, 2.05) is 11.8 Å². The Hall–Kier alpha value is -1.43. The fourth-order valence-corrected chi connectivity index (χ4v) is 3.13. The molecule has 1 N–H and O–H groups in total. The Bertz CT molecular complexity index is 469. The fraction of sp³-hybridized carbons (Fsp3) is 0.538. The number of hydrogen-bond acceptors (Lipinski definition) is 5. The first-order valence-corrected chi connectivity index (χ1v) is 7.44. The first-order valence-electron chi connectivity index (χ1n) is 6.22. The maximum atomic E-state index is 11.1. The van der Waals surface area contributed by atoms with E-state index in [2.05, 4.69) is 11.6 Å². The Kier molecular flexibility index (Phi) is 4.19. The Morgan fingerprint density at radius 2 is 2.26 bits per heavy atom. The molecule has 104 valence electrons. The number of hydrogen-bond donors (Lipinski definition) is 1. The van der Waals surface area contributed by atoms with Crippen molar-refractivity contribution in [3.63, 3.8) is 0 Å². The van der Waals surface area contributed by atoms with E-state index in [-0.39, 0.29) is 15.4 Å². The van der Waals surface area contributed by atoms with E-state index in [1.165, 1.54) is 32.4 Å². The van der Waals surface area contributed by atoms with Gasteiger partial charge in [-0.2, -0.15) is 11.8 Å². The van der Waals surface area contributed by atoms with Crippen molar-refractivity contribution in [2.24, 2.45) is 0 Å². The van der Waals surface area contributed by atoms with Crippen LogP contribution in [0.1, 0.15) is 19.3 Å². The Morgan fingerprint density at radius 1 is 1.53 bits per heavy atom. The molecule has 0 unspecified atom stereocenters. The number of ether oxygens (including phenoxy) is 1. The molecule has 19 heavy (non-hydrogen) atoms. The lowest BCUT2D eigenvalue weighted by Gasteiger charge is -2.40. The molecular formula is C13H18N2O3S. The molecule has 0 spiro atoms. The lowest BCUT2D eigenvalue weighted by molar-refractivity contribution is -0.384. The van der Waals surface area contributed by atoms with Gasteiger partial charge in [0.2, 0.25) is 0 Å². The zero-order valence-electron chi connectivity index (χ0n) is 11.1. The number of benzene rings is 1. The summed E-state index contributed by atoms with van der Waals surface area (Å²) >= 11 is 1.84. The maximum Gasteiger partial charge on any atom is 0.296 e. The van der Waals surface area contributed by atoms with Crippen molar-refractivity contribution in [2.75, 3.05) is 25.2 Å². The van der Waals surface area contributed by atoms with Crippen molar-refractivity contribution >= 4 is 23.1 Å². The molecule has 2 rings (SSSR count). The number of rotatable bonds is 6. The van der Waals surface area contributed by atoms with E-state index < -0.39 is 0 Å². The largest absolute Gasteiger partial charge is 0.496 e. The van der Waals surface area contributed by atoms with Crippen LogP contribution in [0.5, 0.6) is 5.75 Å². The van der Waals surface area contributed by atoms with Gasteiger partial charge in [0.15, 0.2) is 0 Å². The van der Waals surface area contributed by atoms with E-state index in [0.29, 0.717) is 11.4 Å². The van der Waals surface area contributed by atoms with Crippen LogP contribution in [0, 0.1) is 10.1 Å². The molecule has 0 heterocycles. The second-order valence-electron chi connectivity index (χ2n) is 4.73. The minimum Gasteiger partial charge on any atom is -0.496 e. The van der Waals surface area contributed by atoms with Gasteiger partial charge in [0.05, 0.1) is 18.1 Å². The van der Waals surface area contributed by atoms with E-state index in [4.69, 9.17) is 4.74 Å². The summed E-state index contributed by atoms with van der Waals surface area (Å²) in [7, 11) is 1.50. The molecule has 6 heteroatoms. The summed E-state index contributed by atoms with van der Waals surface area (Å²) < 4.78 is 5.27. The van der Waals surface area contributed by atoms with E-state index >= 15 is 0 Å². The minimum atomic E-state index is -0.378. The first-order chi connectivity index (χ1) is 9.10. The van der Waals surface area contributed by atoms with Crippen LogP contribution in [0.2, 0.25) is 0 Å². The summed E-state index contributed by atoms with van der Waals surface area (Å²) in [6.45, 7) is 0.765. The van der Waals surface area contributed by atoms with E-state index in [0.717, 1.165) is 6.54 Å². The smallest absolute Gasteiger partial charge is 0.296 e. The van der Waals surface area contributed by atoms with Gasteiger partial charge in [0.25, 0.3) is 5.69 Å². The van der Waals surface area contributed by atoms with Gasteiger partial charge in [0.1, 0.15) is 11.4 Å². The molecule has 0 saturated heterocycles. The molecule has 0 amide bonds. The number of nitrogens with one attached hydrogen (secondary N) is 1. The lowest BCUT2D eigenvalue weighted by atomic mass is 9.84. The molecule has 1 aliphatic rings. The number of nitro groups is 1. The molecule has 0 aromatic heterocycles. The Labute approximate surface area is 116 Å². The second kappa shape index (κ2) is 5.69. The third-order valence-electron chi connectivity index (χ3n) is 3.70. The fourth-order valence-electron chi connectivity index (χ4n) is 2.22. The quantitative estimate of drug-likeness (QED) is 0.640. The topological polar surface area (TPSA) is 64.4 Å². The normalized spacial score (nSPS) is 16.5. The summed E-state index contributed by atoms with van der Waals surface area (Å²) in [5.41, 5.74) is 0.626. The summed E-state index contributed by atoms with van der Waals surface area (Å²) in [6, 6.07) is 4.90. The molecule has 1 aromatic carbocycles. The van der Waals surface area contributed by atoms with Crippen molar-refractivity contribution in [1.29, 1.82) is 0 Å². The monoisotopic (exact) mass is 282 g/mol. The molecule has 5 nitrogen and oxygen atoms in total. The average Bonchev–Trinajstić information content (AvgIpc) is 2.38. The summed E-state index contributed by atoms with van der Waals surface area (Å²) in [6.07, 6.45) is 5.69. The van der Waals surface area contributed by atoms with Gasteiger partial charge in [-0.3, -0.25) is 10.1 Å². The summed E-state index contributed by atoms with van der Waals surface area (Å²) in [5.74, 6) is 0.500. The van der Waals surface area contributed by atoms with Crippen LogP contribution in [0.4, 0.5) is 11.4 Å². The van der Waals surface area contributed by atoms with Crippen LogP contribution in [-0.4, -0.2) is 29.6 Å². The van der Waals surface area contributed by atoms with Crippen LogP contribution in [0.15, 0.2) is 18.2 Å². The maximum absolute atomic E-state index is 11.1. The van der Waals surface area contributed by atoms with Gasteiger partial charge in [0, 0.05) is 11.3 Å². The molecular weight excluding hydrogens is 264 g/mol. The Morgan fingerprint density at radius 3 is 2.74 bits per heavy atom. The molecule has 0 bridgehead atoms. The van der Waals surface area contributed by atoms with Gasteiger partial charge in [-0.25, -0.2) is 0 Å². The third-order valence-corrected chi connectivity index (χ3v) is 5.12. The SMILES string of the molecule is COc1ccc(NCC2(SC)CCC2)c([N+](=O)[O-])c1. The van der Waals surface area contributed by atoms with Crippen LogP contribution in [0.3, 0.4) is 0 Å². The highest BCUT2D eigenvalue weighted by Gasteiger charge is 2.36. The highest BCUT2D eigenvalue weighted by molar-refractivity contribution is 8.00. The predicted molar refractivity (Wildman–Crippen MR) is 78.2 cm³/mol. The number of nitro benzene ring substituents is 1. The zero-order chi connectivity index (χ0) is 13.9. The van der Waals surface area contributed by atoms with Crippen molar-refractivity contribution in [3.05, 3.63) is 28.3 Å². The molecule has 1 aliphatic carbocycles. The molecule has 0 atom stereocenters. The van der Waals surface area contributed by atoms with Gasteiger partial charge >= 0.3 is 0 Å². The molecule has 0 aliphatic heterocycles. The minimum absolute atomic E-state index is 0.0647. The van der Waals surface area contributed by atoms with Gasteiger partial charge < -0.3 is 10.1 Å². The highest BCUT2D eigenvalue weighted by atomic mass is 32.2. The number of nitrogens with zero attached hydrogens (tertiary/aromatic N) is 1. The molecule has 1 aromatic rings. The van der Waals surface area contributed by atoms with E-state index in [1.54, 1.807) is 12.1 Å². The van der Waals surface area contributed by atoms with Crippen LogP contribution in [0.25, 0.3) is 0 Å². The zero-order valence-corrected chi connectivity index (χ0v) is 12.0. The number of thioether (sulfide) groups is 1. The lowest BCUT2D eigenvalue weighted by Crippen LogP contribution is -2.40. The Balaban J connectivity index is 2.13. The van der Waals surface area contributed by atoms with Crippen molar-refractivity contribution < 1.29 is 9.66 Å². The summed E-state index contributed by atoms with van der Waals surface area (Å²) in [4.78, 5) is 10.7. The van der Waals surface area contributed by atoms with Gasteiger partial charge in [-0.15, -0.1) is 0 Å². The van der Waals surface area contributed by atoms with Gasteiger partial charge in [-0.1, -0.05) is 6.42 Å². The van der Waals surface area contributed by atoms with Gasteiger partial charge in [-0.05, 0) is 31.2 Å². The standard InChI is InChI=1S/C13H18N2O3S/c1-18-10-4-5-11(12(8-10)15(16)17)14-9-13(19-2)6-3-7-13/h4-5,8,14H,3,6-7,9H2,1-2H3. The second-order valence-corrected chi connectivity index (χ2v) is 6.01. The highest BCUT2D eigenvalue weighted by Crippen LogP contribution is 2.43. The number of anilines is 1. The van der Waals surface area contributed by atoms with Crippen molar-refractivity contribution in [3.8, 4) is 5.75 Å². The van der Waals surface area contributed by atoms with Crippen molar-refractivity contribution in [2.45, 2.75) is 24.0 Å². The predicted octanol–water partition coefficient (Wildman–Crippen LogP) is 3.30. The van der Waals surface area contributed by atoms with E-state index in [9.17, 15) is 10.1 Å². The first kappa shape index (κ1) is 14.0. The average molecular weight is 282 g/mol. The van der Waals surface area contributed by atoms with Crippen LogP contribution in [-0.2, 0) is 0 Å². The summed E-state index contributed by atoms with van der Waals surface area (Å²) in [5, 5.41) is 14.3.